The quantitative estimate of drug-likeness (QED) is 0.797. The molecule has 1 N–H and O–H groups in total. The molecule has 2 heterocycles. The molecule has 0 unspecified atom stereocenters. The number of rotatable bonds is 6. The monoisotopic (exact) mass is 408 g/mol. The van der Waals surface area contributed by atoms with Crippen LogP contribution in [0.25, 0.3) is 0 Å². The van der Waals surface area contributed by atoms with Gasteiger partial charge in [-0.05, 0) is 67.0 Å². The molecule has 3 rings (SSSR count). The second kappa shape index (κ2) is 8.41. The van der Waals surface area contributed by atoms with Crippen LogP contribution in [0.3, 0.4) is 0 Å². The molecular formula is C19H24N2O4S2. The zero-order chi connectivity index (χ0) is 19.4. The van der Waals surface area contributed by atoms with Gasteiger partial charge in [0.15, 0.2) is 0 Å². The van der Waals surface area contributed by atoms with Gasteiger partial charge in [0, 0.05) is 19.6 Å². The standard InChI is InChI=1S/C19H24N2O4S2/c1-14-9-11-26-18(14)19(22)21-10-3-4-15(13-21)12-20-27(23,24)17-7-5-16(25-2)6-8-17/h5-9,11,15,20H,3-4,10,12-13H2,1-2H3/t15-/m1/s1. The number of aryl methyl sites for hydroxylation is 1. The van der Waals surface area contributed by atoms with Crippen LogP contribution in [-0.2, 0) is 10.0 Å². The smallest absolute Gasteiger partial charge is 0.264 e. The number of likely N-dealkylation sites (tertiary alicyclic amines) is 1. The lowest BCUT2D eigenvalue weighted by Gasteiger charge is -2.32. The third kappa shape index (κ3) is 4.69. The van der Waals surface area contributed by atoms with E-state index in [0.717, 1.165) is 29.8 Å². The maximum absolute atomic E-state index is 12.7. The molecule has 27 heavy (non-hydrogen) atoms. The Hall–Kier alpha value is -1.90. The predicted molar refractivity (Wildman–Crippen MR) is 106 cm³/mol. The summed E-state index contributed by atoms with van der Waals surface area (Å²) in [5.41, 5.74) is 0.993. The molecule has 6 nitrogen and oxygen atoms in total. The Morgan fingerprint density at radius 2 is 2.04 bits per heavy atom. The van der Waals surface area contributed by atoms with Crippen LogP contribution >= 0.6 is 11.3 Å². The summed E-state index contributed by atoms with van der Waals surface area (Å²) in [6.45, 7) is 3.55. The molecule has 146 valence electrons. The number of hydrogen-bond donors (Lipinski definition) is 1. The van der Waals surface area contributed by atoms with Crippen molar-refractivity contribution in [2.75, 3.05) is 26.7 Å². The first kappa shape index (κ1) is 19.9. The molecule has 1 aromatic carbocycles. The average molecular weight is 409 g/mol. The van der Waals surface area contributed by atoms with Gasteiger partial charge in [0.25, 0.3) is 5.91 Å². The van der Waals surface area contributed by atoms with Gasteiger partial charge in [-0.1, -0.05) is 0 Å². The number of nitrogens with one attached hydrogen (secondary N) is 1. The second-order valence-corrected chi connectivity index (χ2v) is 9.40. The van der Waals surface area contributed by atoms with Crippen LogP contribution in [0.5, 0.6) is 5.75 Å². The van der Waals surface area contributed by atoms with Crippen LogP contribution in [-0.4, -0.2) is 46.0 Å². The molecular weight excluding hydrogens is 384 g/mol. The van der Waals surface area contributed by atoms with E-state index >= 15 is 0 Å². The number of carbonyl (C=O) groups excluding carboxylic acids is 1. The van der Waals surface area contributed by atoms with Crippen LogP contribution in [0, 0.1) is 12.8 Å². The third-order valence-electron chi connectivity index (χ3n) is 4.79. The van der Waals surface area contributed by atoms with Crippen molar-refractivity contribution in [3.05, 3.63) is 46.2 Å². The highest BCUT2D eigenvalue weighted by Gasteiger charge is 2.27. The first-order chi connectivity index (χ1) is 12.9. The molecule has 1 fully saturated rings. The van der Waals surface area contributed by atoms with Gasteiger partial charge in [-0.3, -0.25) is 4.79 Å². The number of carbonyl (C=O) groups is 1. The fourth-order valence-corrected chi connectivity index (χ4v) is 5.23. The number of hydrogen-bond acceptors (Lipinski definition) is 5. The predicted octanol–water partition coefficient (Wildman–Crippen LogP) is 2.90. The number of amides is 1. The molecule has 1 aliphatic rings. The summed E-state index contributed by atoms with van der Waals surface area (Å²) >= 11 is 1.46. The van der Waals surface area contributed by atoms with E-state index in [1.165, 1.54) is 30.6 Å². The van der Waals surface area contributed by atoms with Gasteiger partial charge in [-0.15, -0.1) is 11.3 Å². The maximum Gasteiger partial charge on any atom is 0.264 e. The van der Waals surface area contributed by atoms with E-state index in [9.17, 15) is 13.2 Å². The summed E-state index contributed by atoms with van der Waals surface area (Å²) in [6.07, 6.45) is 1.78. The van der Waals surface area contributed by atoms with E-state index in [0.29, 0.717) is 18.8 Å². The summed E-state index contributed by atoms with van der Waals surface area (Å²) in [6, 6.07) is 8.25. The van der Waals surface area contributed by atoms with Crippen molar-refractivity contribution in [1.82, 2.24) is 9.62 Å². The topological polar surface area (TPSA) is 75.7 Å². The molecule has 1 aromatic heterocycles. The number of benzene rings is 1. The normalized spacial score (nSPS) is 17.7. The SMILES string of the molecule is COc1ccc(S(=O)(=O)NC[C@H]2CCCN(C(=O)c3sccc3C)C2)cc1. The van der Waals surface area contributed by atoms with Gasteiger partial charge >= 0.3 is 0 Å². The maximum atomic E-state index is 12.7. The number of nitrogens with zero attached hydrogens (tertiary/aromatic N) is 1. The van der Waals surface area contributed by atoms with Crippen molar-refractivity contribution in [2.24, 2.45) is 5.92 Å². The Morgan fingerprint density at radius 1 is 1.30 bits per heavy atom. The lowest BCUT2D eigenvalue weighted by Crippen LogP contribution is -2.43. The fourth-order valence-electron chi connectivity index (χ4n) is 3.22. The molecule has 0 radical (unpaired) electrons. The fraction of sp³-hybridized carbons (Fsp3) is 0.421. The molecule has 1 aliphatic heterocycles. The van der Waals surface area contributed by atoms with E-state index in [4.69, 9.17) is 4.74 Å². The Morgan fingerprint density at radius 3 is 2.67 bits per heavy atom. The van der Waals surface area contributed by atoms with Crippen molar-refractivity contribution in [2.45, 2.75) is 24.7 Å². The minimum absolute atomic E-state index is 0.0465. The highest BCUT2D eigenvalue weighted by Crippen LogP contribution is 2.23. The molecule has 0 aliphatic carbocycles. The lowest BCUT2D eigenvalue weighted by atomic mass is 9.98. The van der Waals surface area contributed by atoms with E-state index in [2.05, 4.69) is 4.72 Å². The first-order valence-corrected chi connectivity index (χ1v) is 11.2. The number of methoxy groups -OCH3 is 1. The van der Waals surface area contributed by atoms with Crippen LogP contribution in [0.15, 0.2) is 40.6 Å². The van der Waals surface area contributed by atoms with Gasteiger partial charge < -0.3 is 9.64 Å². The van der Waals surface area contributed by atoms with Gasteiger partial charge in [-0.2, -0.15) is 0 Å². The minimum atomic E-state index is -3.58. The molecule has 0 bridgehead atoms. The van der Waals surface area contributed by atoms with E-state index < -0.39 is 10.0 Å². The van der Waals surface area contributed by atoms with Gasteiger partial charge in [0.05, 0.1) is 16.9 Å². The lowest BCUT2D eigenvalue weighted by molar-refractivity contribution is 0.0680. The average Bonchev–Trinajstić information content (AvgIpc) is 3.12. The second-order valence-electron chi connectivity index (χ2n) is 6.72. The van der Waals surface area contributed by atoms with Crippen molar-refractivity contribution >= 4 is 27.3 Å². The molecule has 1 amide bonds. The summed E-state index contributed by atoms with van der Waals surface area (Å²) < 4.78 is 32.7. The highest BCUT2D eigenvalue weighted by molar-refractivity contribution is 7.89. The molecule has 2 aromatic rings. The van der Waals surface area contributed by atoms with E-state index in [1.807, 2.05) is 23.3 Å². The summed E-state index contributed by atoms with van der Waals surface area (Å²) in [5, 5.41) is 1.92. The number of ether oxygens (including phenoxy) is 1. The van der Waals surface area contributed by atoms with Crippen LogP contribution in [0.1, 0.15) is 28.1 Å². The zero-order valence-electron chi connectivity index (χ0n) is 15.5. The highest BCUT2D eigenvalue weighted by atomic mass is 32.2. The van der Waals surface area contributed by atoms with Crippen molar-refractivity contribution in [3.8, 4) is 5.75 Å². The zero-order valence-corrected chi connectivity index (χ0v) is 17.1. The van der Waals surface area contributed by atoms with Crippen molar-refractivity contribution in [1.29, 1.82) is 0 Å². The molecule has 0 saturated carbocycles. The number of thiophene rings is 1. The Balaban J connectivity index is 1.60. The summed E-state index contributed by atoms with van der Waals surface area (Å²) in [7, 11) is -2.04. The first-order valence-electron chi connectivity index (χ1n) is 8.88. The van der Waals surface area contributed by atoms with E-state index in [-0.39, 0.29) is 16.7 Å². The van der Waals surface area contributed by atoms with Gasteiger partial charge in [-0.25, -0.2) is 13.1 Å². The minimum Gasteiger partial charge on any atom is -0.497 e. The van der Waals surface area contributed by atoms with Crippen LogP contribution in [0.2, 0.25) is 0 Å². The van der Waals surface area contributed by atoms with Crippen molar-refractivity contribution in [3.63, 3.8) is 0 Å². The van der Waals surface area contributed by atoms with Crippen LogP contribution < -0.4 is 9.46 Å². The Bertz CT molecular complexity index is 891. The molecule has 1 atom stereocenters. The Labute approximate surface area is 164 Å². The third-order valence-corrected chi connectivity index (χ3v) is 7.24. The van der Waals surface area contributed by atoms with Crippen molar-refractivity contribution < 1.29 is 17.9 Å². The number of sulfonamides is 1. The Kier molecular flexibility index (Phi) is 6.18. The summed E-state index contributed by atoms with van der Waals surface area (Å²) in [5.74, 6) is 0.764. The van der Waals surface area contributed by atoms with E-state index in [1.54, 1.807) is 12.1 Å². The van der Waals surface area contributed by atoms with Gasteiger partial charge in [0.2, 0.25) is 10.0 Å². The van der Waals surface area contributed by atoms with Gasteiger partial charge in [0.1, 0.15) is 5.75 Å². The summed E-state index contributed by atoms with van der Waals surface area (Å²) in [4.78, 5) is 15.5. The van der Waals surface area contributed by atoms with Crippen LogP contribution in [0.4, 0.5) is 0 Å². The largest absolute Gasteiger partial charge is 0.497 e. The number of piperidine rings is 1. The molecule has 0 spiro atoms. The molecule has 1 saturated heterocycles. The molecule has 8 heteroatoms.